The molecule has 2 heteroatoms. The molecule has 21 heavy (non-hydrogen) atoms. The van der Waals surface area contributed by atoms with Crippen molar-refractivity contribution in [1.82, 2.24) is 4.57 Å². The van der Waals surface area contributed by atoms with Crippen molar-refractivity contribution in [3.05, 3.63) is 59.4 Å². The Bertz CT molecular complexity index is 620. The van der Waals surface area contributed by atoms with Crippen molar-refractivity contribution in [2.24, 2.45) is 5.92 Å². The van der Waals surface area contributed by atoms with Gasteiger partial charge in [-0.15, -0.1) is 0 Å². The van der Waals surface area contributed by atoms with Gasteiger partial charge in [-0.1, -0.05) is 44.2 Å². The van der Waals surface area contributed by atoms with E-state index in [1.807, 2.05) is 36.4 Å². The normalized spacial score (nSPS) is 14.6. The minimum atomic E-state index is 0.230. The highest BCUT2D eigenvalue weighted by Crippen LogP contribution is 2.33. The minimum absolute atomic E-state index is 0.230. The second-order valence-electron chi connectivity index (χ2n) is 6.44. The van der Waals surface area contributed by atoms with Crippen molar-refractivity contribution in [2.75, 3.05) is 0 Å². The molecule has 0 amide bonds. The fourth-order valence-electron chi connectivity index (χ4n) is 2.87. The lowest BCUT2D eigenvalue weighted by molar-refractivity contribution is 0.0983. The first kappa shape index (κ1) is 14.1. The molecule has 1 aromatic heterocycles. The van der Waals surface area contributed by atoms with Gasteiger partial charge in [-0.2, -0.15) is 0 Å². The number of hydrogen-bond acceptors (Lipinski definition) is 1. The third-order valence-corrected chi connectivity index (χ3v) is 4.24. The van der Waals surface area contributed by atoms with Crippen molar-refractivity contribution in [1.29, 1.82) is 0 Å². The van der Waals surface area contributed by atoms with Crippen LogP contribution in [0.4, 0.5) is 0 Å². The van der Waals surface area contributed by atoms with Gasteiger partial charge < -0.3 is 4.57 Å². The Morgan fingerprint density at radius 1 is 1.14 bits per heavy atom. The molecular formula is C19H23NO. The van der Waals surface area contributed by atoms with E-state index in [0.29, 0.717) is 12.3 Å². The van der Waals surface area contributed by atoms with E-state index in [4.69, 9.17) is 0 Å². The number of hydrogen-bond donors (Lipinski definition) is 0. The zero-order chi connectivity index (χ0) is 14.8. The second kappa shape index (κ2) is 5.88. The quantitative estimate of drug-likeness (QED) is 0.717. The summed E-state index contributed by atoms with van der Waals surface area (Å²) in [6, 6.07) is 14.2. The van der Waals surface area contributed by atoms with E-state index in [0.717, 1.165) is 23.7 Å². The van der Waals surface area contributed by atoms with Crippen molar-refractivity contribution < 1.29 is 4.79 Å². The largest absolute Gasteiger partial charge is 0.342 e. The first-order valence-electron chi connectivity index (χ1n) is 7.91. The third kappa shape index (κ3) is 3.26. The van der Waals surface area contributed by atoms with Gasteiger partial charge in [0.2, 0.25) is 0 Å². The van der Waals surface area contributed by atoms with Crippen molar-refractivity contribution >= 4 is 5.78 Å². The molecule has 0 bridgehead atoms. The van der Waals surface area contributed by atoms with Gasteiger partial charge >= 0.3 is 0 Å². The van der Waals surface area contributed by atoms with Crippen molar-refractivity contribution in [3.8, 4) is 0 Å². The molecule has 2 nitrogen and oxygen atoms in total. The van der Waals surface area contributed by atoms with E-state index < -0.39 is 0 Å². The number of aromatic nitrogens is 1. The molecule has 0 unspecified atom stereocenters. The highest BCUT2D eigenvalue weighted by molar-refractivity contribution is 5.96. The molecule has 1 saturated carbocycles. The lowest BCUT2D eigenvalue weighted by Crippen LogP contribution is -2.15. The number of benzene rings is 1. The standard InChI is InChI=1S/C19H23NO/c1-14(2)17-10-11-18(20(17)13-16-8-9-16)19(21)12-15-6-4-3-5-7-15/h3-7,10-11,14,16H,8-9,12-13H2,1-2H3. The Kier molecular flexibility index (Phi) is 3.96. The fourth-order valence-corrected chi connectivity index (χ4v) is 2.87. The number of carbonyl (C=O) groups is 1. The van der Waals surface area contributed by atoms with Crippen LogP contribution >= 0.6 is 0 Å². The van der Waals surface area contributed by atoms with Gasteiger partial charge in [0, 0.05) is 18.7 Å². The SMILES string of the molecule is CC(C)c1ccc(C(=O)Cc2ccccc2)n1CC1CC1. The molecular weight excluding hydrogens is 258 g/mol. The van der Waals surface area contributed by atoms with Crippen LogP contribution in [-0.2, 0) is 13.0 Å². The molecule has 0 N–H and O–H groups in total. The molecule has 0 radical (unpaired) electrons. The van der Waals surface area contributed by atoms with Gasteiger partial charge in [-0.3, -0.25) is 4.79 Å². The number of ketones is 1. The number of carbonyl (C=O) groups excluding carboxylic acids is 1. The summed E-state index contributed by atoms with van der Waals surface area (Å²) in [5.41, 5.74) is 3.26. The van der Waals surface area contributed by atoms with Gasteiger partial charge in [0.1, 0.15) is 0 Å². The summed E-state index contributed by atoms with van der Waals surface area (Å²) in [7, 11) is 0. The predicted octanol–water partition coefficient (Wildman–Crippen LogP) is 4.45. The molecule has 1 aliphatic rings. The van der Waals surface area contributed by atoms with Gasteiger partial charge in [0.15, 0.2) is 5.78 Å². The van der Waals surface area contributed by atoms with E-state index in [2.05, 4.69) is 24.5 Å². The van der Waals surface area contributed by atoms with Crippen LogP contribution in [0.25, 0.3) is 0 Å². The van der Waals surface area contributed by atoms with Crippen LogP contribution < -0.4 is 0 Å². The molecule has 0 spiro atoms. The van der Waals surface area contributed by atoms with E-state index in [1.54, 1.807) is 0 Å². The Hall–Kier alpha value is -1.83. The molecule has 0 atom stereocenters. The van der Waals surface area contributed by atoms with Crippen LogP contribution in [-0.4, -0.2) is 10.4 Å². The second-order valence-corrected chi connectivity index (χ2v) is 6.44. The summed E-state index contributed by atoms with van der Waals surface area (Å²) in [6.07, 6.45) is 3.11. The molecule has 1 fully saturated rings. The Morgan fingerprint density at radius 3 is 2.48 bits per heavy atom. The predicted molar refractivity (Wildman–Crippen MR) is 85.7 cm³/mol. The van der Waals surface area contributed by atoms with Gasteiger partial charge in [-0.25, -0.2) is 0 Å². The summed E-state index contributed by atoms with van der Waals surface area (Å²) >= 11 is 0. The summed E-state index contributed by atoms with van der Waals surface area (Å²) in [5.74, 6) is 1.47. The molecule has 0 aliphatic heterocycles. The van der Waals surface area contributed by atoms with E-state index >= 15 is 0 Å². The summed E-state index contributed by atoms with van der Waals surface area (Å²) in [4.78, 5) is 12.7. The van der Waals surface area contributed by atoms with Crippen LogP contribution in [0.15, 0.2) is 42.5 Å². The maximum atomic E-state index is 12.7. The smallest absolute Gasteiger partial charge is 0.183 e. The highest BCUT2D eigenvalue weighted by atomic mass is 16.1. The van der Waals surface area contributed by atoms with Crippen LogP contribution in [0.2, 0.25) is 0 Å². The average molecular weight is 281 g/mol. The average Bonchev–Trinajstić information content (AvgIpc) is 3.17. The number of rotatable bonds is 6. The van der Waals surface area contributed by atoms with Crippen LogP contribution in [0.3, 0.4) is 0 Å². The zero-order valence-electron chi connectivity index (χ0n) is 12.9. The first-order valence-corrected chi connectivity index (χ1v) is 7.91. The van der Waals surface area contributed by atoms with Crippen LogP contribution in [0.1, 0.15) is 54.4 Å². The van der Waals surface area contributed by atoms with Crippen molar-refractivity contribution in [3.63, 3.8) is 0 Å². The zero-order valence-corrected chi connectivity index (χ0v) is 12.9. The van der Waals surface area contributed by atoms with Gasteiger partial charge in [0.05, 0.1) is 5.69 Å². The monoisotopic (exact) mass is 281 g/mol. The Labute approximate surface area is 126 Å². The highest BCUT2D eigenvalue weighted by Gasteiger charge is 2.25. The third-order valence-electron chi connectivity index (χ3n) is 4.24. The van der Waals surface area contributed by atoms with E-state index in [1.165, 1.54) is 18.5 Å². The maximum absolute atomic E-state index is 12.7. The summed E-state index contributed by atoms with van der Waals surface area (Å²) < 4.78 is 2.27. The van der Waals surface area contributed by atoms with Gasteiger partial charge in [-0.05, 0) is 42.4 Å². The molecule has 1 aliphatic carbocycles. The summed E-state index contributed by atoms with van der Waals surface area (Å²) in [5, 5.41) is 0. The number of nitrogens with zero attached hydrogens (tertiary/aromatic N) is 1. The lowest BCUT2D eigenvalue weighted by Gasteiger charge is -2.15. The van der Waals surface area contributed by atoms with Crippen LogP contribution in [0.5, 0.6) is 0 Å². The maximum Gasteiger partial charge on any atom is 0.183 e. The Balaban J connectivity index is 1.84. The van der Waals surface area contributed by atoms with E-state index in [-0.39, 0.29) is 5.78 Å². The molecule has 1 aromatic carbocycles. The van der Waals surface area contributed by atoms with Crippen LogP contribution in [0, 0.1) is 5.92 Å². The van der Waals surface area contributed by atoms with Crippen molar-refractivity contribution in [2.45, 2.75) is 45.6 Å². The molecule has 2 aromatic rings. The fraction of sp³-hybridized carbons (Fsp3) is 0.421. The van der Waals surface area contributed by atoms with E-state index in [9.17, 15) is 4.79 Å². The summed E-state index contributed by atoms with van der Waals surface area (Å²) in [6.45, 7) is 5.41. The molecule has 110 valence electrons. The molecule has 1 heterocycles. The Morgan fingerprint density at radius 2 is 1.86 bits per heavy atom. The topological polar surface area (TPSA) is 22.0 Å². The minimum Gasteiger partial charge on any atom is -0.342 e. The lowest BCUT2D eigenvalue weighted by atomic mass is 10.1. The number of Topliss-reactive ketones (excluding diaryl/α,β-unsaturated/α-hetero) is 1. The molecule has 3 rings (SSSR count). The first-order chi connectivity index (χ1) is 10.1. The molecule has 0 saturated heterocycles. The van der Waals surface area contributed by atoms with Gasteiger partial charge in [0.25, 0.3) is 0 Å².